The zero-order valence-corrected chi connectivity index (χ0v) is 16.5. The molecule has 0 aliphatic rings. The lowest BCUT2D eigenvalue weighted by Gasteiger charge is -2.15. The number of nitrogens with zero attached hydrogens (tertiary/aromatic N) is 4. The predicted octanol–water partition coefficient (Wildman–Crippen LogP) is 2.14. The van der Waals surface area contributed by atoms with Crippen molar-refractivity contribution in [2.75, 3.05) is 31.8 Å². The molecule has 2 heterocycles. The summed E-state index contributed by atoms with van der Waals surface area (Å²) in [5.41, 5.74) is 14.8. The van der Waals surface area contributed by atoms with Gasteiger partial charge in [0.05, 0.1) is 32.5 Å². The maximum Gasteiger partial charge on any atom is 0.222 e. The van der Waals surface area contributed by atoms with Crippen molar-refractivity contribution in [3.63, 3.8) is 0 Å². The summed E-state index contributed by atoms with van der Waals surface area (Å²) in [6.45, 7) is 3.79. The molecule has 0 atom stereocenters. The number of fused-ring (bicyclic) bond motifs is 1. The molecule has 9 nitrogen and oxygen atoms in total. The van der Waals surface area contributed by atoms with E-state index in [-0.39, 0.29) is 5.95 Å². The van der Waals surface area contributed by atoms with E-state index in [1.165, 1.54) is 0 Å². The molecule has 0 saturated heterocycles. The largest absolute Gasteiger partial charge is 0.496 e. The molecule has 0 spiro atoms. The lowest BCUT2D eigenvalue weighted by molar-refractivity contribution is 0.381. The van der Waals surface area contributed by atoms with Crippen LogP contribution in [0.3, 0.4) is 0 Å². The molecule has 28 heavy (non-hydrogen) atoms. The molecule has 0 amide bonds. The van der Waals surface area contributed by atoms with Gasteiger partial charge in [0.15, 0.2) is 11.3 Å². The highest BCUT2D eigenvalue weighted by Gasteiger charge is 2.16. The molecule has 5 N–H and O–H groups in total. The summed E-state index contributed by atoms with van der Waals surface area (Å²) in [4.78, 5) is 8.60. The number of rotatable bonds is 9. The van der Waals surface area contributed by atoms with Gasteiger partial charge in [-0.15, -0.1) is 0 Å². The summed E-state index contributed by atoms with van der Waals surface area (Å²) in [6.07, 6.45) is 3.96. The average Bonchev–Trinajstić information content (AvgIpc) is 3.10. The molecule has 3 aromatic rings. The zero-order valence-electron chi connectivity index (χ0n) is 16.5. The number of nitrogens with two attached hydrogens (primary N) is 2. The average molecular weight is 385 g/mol. The molecule has 0 unspecified atom stereocenters. The fraction of sp³-hybridized carbons (Fsp3) is 0.421. The molecule has 0 aliphatic heterocycles. The predicted molar refractivity (Wildman–Crippen MR) is 110 cm³/mol. The molecular weight excluding hydrogens is 358 g/mol. The Morgan fingerprint density at radius 2 is 1.86 bits per heavy atom. The Bertz CT molecular complexity index is 930. The van der Waals surface area contributed by atoms with Crippen molar-refractivity contribution in [2.45, 2.75) is 32.9 Å². The third-order valence-corrected chi connectivity index (χ3v) is 4.47. The van der Waals surface area contributed by atoms with Crippen LogP contribution in [0.4, 0.5) is 11.8 Å². The third-order valence-electron chi connectivity index (χ3n) is 4.47. The second-order valence-electron chi connectivity index (χ2n) is 6.45. The minimum Gasteiger partial charge on any atom is -0.496 e. The first-order valence-corrected chi connectivity index (χ1v) is 9.28. The smallest absolute Gasteiger partial charge is 0.222 e. The van der Waals surface area contributed by atoms with Gasteiger partial charge >= 0.3 is 0 Å². The number of nitrogens with one attached hydrogen (secondary N) is 1. The van der Waals surface area contributed by atoms with Crippen LogP contribution in [0.2, 0.25) is 0 Å². The topological polar surface area (TPSA) is 126 Å². The summed E-state index contributed by atoms with van der Waals surface area (Å²) in [6, 6.07) is 3.83. The lowest BCUT2D eigenvalue weighted by Crippen LogP contribution is -2.08. The van der Waals surface area contributed by atoms with E-state index in [1.54, 1.807) is 18.9 Å². The lowest BCUT2D eigenvalue weighted by atomic mass is 10.1. The Morgan fingerprint density at radius 1 is 1.14 bits per heavy atom. The van der Waals surface area contributed by atoms with Gasteiger partial charge in [0.2, 0.25) is 5.95 Å². The number of benzene rings is 1. The van der Waals surface area contributed by atoms with E-state index in [0.29, 0.717) is 41.4 Å². The molecular formula is C19H27N7O2. The SMILES string of the molecule is CCCCNc1nc(N)nc2cn(Cc3c(OC)cc(CN)cc3OC)nc12. The zero-order chi connectivity index (χ0) is 20.1. The highest BCUT2D eigenvalue weighted by molar-refractivity contribution is 5.85. The van der Waals surface area contributed by atoms with E-state index in [1.807, 2.05) is 18.3 Å². The van der Waals surface area contributed by atoms with Crippen molar-refractivity contribution in [1.82, 2.24) is 19.7 Å². The second-order valence-corrected chi connectivity index (χ2v) is 6.45. The summed E-state index contributed by atoms with van der Waals surface area (Å²) in [5, 5.41) is 7.96. The second kappa shape index (κ2) is 8.75. The van der Waals surface area contributed by atoms with Crippen LogP contribution in [0.15, 0.2) is 18.3 Å². The van der Waals surface area contributed by atoms with Crippen molar-refractivity contribution in [2.24, 2.45) is 5.73 Å². The Labute approximate surface area is 164 Å². The molecule has 0 aliphatic carbocycles. The molecule has 150 valence electrons. The summed E-state index contributed by atoms with van der Waals surface area (Å²) >= 11 is 0. The maximum atomic E-state index is 5.86. The number of unbranched alkanes of at least 4 members (excludes halogenated alkanes) is 1. The molecule has 3 rings (SSSR count). The number of methoxy groups -OCH3 is 2. The van der Waals surface area contributed by atoms with E-state index in [4.69, 9.17) is 20.9 Å². The number of ether oxygens (including phenoxy) is 2. The van der Waals surface area contributed by atoms with Crippen LogP contribution in [0.25, 0.3) is 11.0 Å². The quantitative estimate of drug-likeness (QED) is 0.478. The maximum absolute atomic E-state index is 5.86. The van der Waals surface area contributed by atoms with E-state index < -0.39 is 0 Å². The minimum atomic E-state index is 0.216. The fourth-order valence-electron chi connectivity index (χ4n) is 3.04. The summed E-state index contributed by atoms with van der Waals surface area (Å²) < 4.78 is 12.9. The van der Waals surface area contributed by atoms with Crippen molar-refractivity contribution < 1.29 is 9.47 Å². The van der Waals surface area contributed by atoms with Crippen LogP contribution in [0.5, 0.6) is 11.5 Å². The standard InChI is InChI=1S/C19H27N7O2/c1-4-5-6-22-18-17-14(23-19(21)24-18)11-26(25-17)10-13-15(27-2)7-12(9-20)8-16(13)28-3/h7-8,11H,4-6,9-10,20H2,1-3H3,(H3,21,22,23,24). The number of aromatic nitrogens is 4. The summed E-state index contributed by atoms with van der Waals surface area (Å²) in [7, 11) is 3.25. The normalized spacial score (nSPS) is 11.0. The Kier molecular flexibility index (Phi) is 6.15. The highest BCUT2D eigenvalue weighted by atomic mass is 16.5. The molecule has 0 bridgehead atoms. The first-order chi connectivity index (χ1) is 13.6. The Balaban J connectivity index is 1.98. The van der Waals surface area contributed by atoms with Gasteiger partial charge < -0.3 is 26.3 Å². The van der Waals surface area contributed by atoms with Crippen molar-refractivity contribution >= 4 is 22.8 Å². The molecule has 0 saturated carbocycles. The van der Waals surface area contributed by atoms with E-state index >= 15 is 0 Å². The number of hydrogen-bond acceptors (Lipinski definition) is 8. The van der Waals surface area contributed by atoms with Crippen LogP contribution < -0.4 is 26.3 Å². The van der Waals surface area contributed by atoms with Gasteiger partial charge in [-0.25, -0.2) is 4.98 Å². The van der Waals surface area contributed by atoms with Crippen LogP contribution in [-0.4, -0.2) is 40.5 Å². The van der Waals surface area contributed by atoms with Crippen molar-refractivity contribution in [3.05, 3.63) is 29.5 Å². The Morgan fingerprint density at radius 3 is 2.46 bits per heavy atom. The van der Waals surface area contributed by atoms with Crippen LogP contribution in [-0.2, 0) is 13.1 Å². The van der Waals surface area contributed by atoms with Crippen molar-refractivity contribution in [3.8, 4) is 11.5 Å². The van der Waals surface area contributed by atoms with Crippen LogP contribution >= 0.6 is 0 Å². The van der Waals surface area contributed by atoms with Gasteiger partial charge in [-0.1, -0.05) is 13.3 Å². The highest BCUT2D eigenvalue weighted by Crippen LogP contribution is 2.32. The summed E-state index contributed by atoms with van der Waals surface area (Å²) in [5.74, 6) is 2.26. The van der Waals surface area contributed by atoms with Gasteiger partial charge in [0.1, 0.15) is 17.0 Å². The van der Waals surface area contributed by atoms with Crippen LogP contribution in [0.1, 0.15) is 30.9 Å². The first kappa shape index (κ1) is 19.7. The van der Waals surface area contributed by atoms with Gasteiger partial charge in [-0.2, -0.15) is 10.1 Å². The molecule has 1 aromatic carbocycles. The van der Waals surface area contributed by atoms with E-state index in [9.17, 15) is 0 Å². The third kappa shape index (κ3) is 4.09. The first-order valence-electron chi connectivity index (χ1n) is 9.28. The number of hydrogen-bond donors (Lipinski definition) is 3. The van der Waals surface area contributed by atoms with Gasteiger partial charge in [0.25, 0.3) is 0 Å². The molecule has 0 radical (unpaired) electrons. The Hall–Kier alpha value is -3.07. The molecule has 2 aromatic heterocycles. The fourth-order valence-corrected chi connectivity index (χ4v) is 3.04. The van der Waals surface area contributed by atoms with Gasteiger partial charge in [-0.05, 0) is 24.1 Å². The van der Waals surface area contributed by atoms with Crippen LogP contribution in [0, 0.1) is 0 Å². The molecule has 9 heteroatoms. The molecule has 0 fully saturated rings. The number of nitrogen functional groups attached to an aromatic ring is 1. The minimum absolute atomic E-state index is 0.216. The monoisotopic (exact) mass is 385 g/mol. The van der Waals surface area contributed by atoms with Crippen molar-refractivity contribution in [1.29, 1.82) is 0 Å². The van der Waals surface area contributed by atoms with Gasteiger partial charge in [0, 0.05) is 13.1 Å². The number of anilines is 2. The van der Waals surface area contributed by atoms with Gasteiger partial charge in [-0.3, -0.25) is 4.68 Å². The van der Waals surface area contributed by atoms with E-state index in [0.717, 1.165) is 30.5 Å². The van der Waals surface area contributed by atoms with E-state index in [2.05, 4.69) is 27.3 Å².